The quantitative estimate of drug-likeness (QED) is 0.259. The lowest BCUT2D eigenvalue weighted by Gasteiger charge is -2.21. The van der Waals surface area contributed by atoms with Crippen LogP contribution in [-0.4, -0.2) is 48.7 Å². The molecule has 2 amide bonds. The number of ether oxygens (including phenoxy) is 1. The molecule has 1 aromatic carbocycles. The highest BCUT2D eigenvalue weighted by atomic mass is 19.1. The zero-order valence-electron chi connectivity index (χ0n) is 19.2. The maximum atomic E-state index is 13.2. The van der Waals surface area contributed by atoms with E-state index in [-0.39, 0.29) is 43.8 Å². The van der Waals surface area contributed by atoms with Gasteiger partial charge in [-0.05, 0) is 50.3 Å². The Balaban J connectivity index is 2.61. The van der Waals surface area contributed by atoms with Gasteiger partial charge in [0, 0.05) is 13.0 Å². The van der Waals surface area contributed by atoms with Crippen molar-refractivity contribution in [2.75, 3.05) is 19.8 Å². The molecule has 0 bridgehead atoms. The summed E-state index contributed by atoms with van der Waals surface area (Å²) in [7, 11) is 0. The Kier molecular flexibility index (Phi) is 13.4. The largest absolute Gasteiger partial charge is 0.463 e. The van der Waals surface area contributed by atoms with Gasteiger partial charge in [0.25, 0.3) is 0 Å². The van der Waals surface area contributed by atoms with E-state index in [9.17, 15) is 18.8 Å². The maximum absolute atomic E-state index is 13.2. The van der Waals surface area contributed by atoms with Crippen molar-refractivity contribution in [3.05, 3.63) is 61.0 Å². The van der Waals surface area contributed by atoms with Crippen LogP contribution in [0.25, 0.3) is 0 Å². The molecule has 33 heavy (non-hydrogen) atoms. The Labute approximate surface area is 195 Å². The first-order valence-corrected chi connectivity index (χ1v) is 11.1. The van der Waals surface area contributed by atoms with Crippen molar-refractivity contribution in [2.45, 2.75) is 45.1 Å². The van der Waals surface area contributed by atoms with E-state index in [0.29, 0.717) is 25.7 Å². The summed E-state index contributed by atoms with van der Waals surface area (Å²) in [5.41, 5.74) is 0.829. The number of benzene rings is 1. The molecule has 8 heteroatoms. The fourth-order valence-electron chi connectivity index (χ4n) is 3.23. The molecule has 0 saturated carbocycles. The number of esters is 1. The lowest BCUT2D eigenvalue weighted by molar-refractivity contribution is -0.150. The Morgan fingerprint density at radius 2 is 1.85 bits per heavy atom. The molecule has 1 rings (SSSR count). The van der Waals surface area contributed by atoms with Crippen molar-refractivity contribution in [2.24, 2.45) is 11.8 Å². The SMILES string of the molecule is C=CCC[C@H](Cc1ccc(F)cc1)C(=O)OC[C@H](C)NC(=O)[C@H](CC=C)CC(=O)NCCO. The van der Waals surface area contributed by atoms with Gasteiger partial charge in [-0.1, -0.05) is 24.3 Å². The monoisotopic (exact) mass is 462 g/mol. The predicted molar refractivity (Wildman–Crippen MR) is 125 cm³/mol. The number of amides is 2. The Bertz CT molecular complexity index is 782. The van der Waals surface area contributed by atoms with Crippen LogP contribution < -0.4 is 10.6 Å². The normalized spacial score (nSPS) is 13.3. The van der Waals surface area contributed by atoms with Gasteiger partial charge in [0.05, 0.1) is 24.5 Å². The molecule has 182 valence electrons. The summed E-state index contributed by atoms with van der Waals surface area (Å²) in [6.45, 7) is 8.95. The second kappa shape index (κ2) is 15.7. The second-order valence-corrected chi connectivity index (χ2v) is 7.93. The molecular weight excluding hydrogens is 427 g/mol. The summed E-state index contributed by atoms with van der Waals surface area (Å²) in [6.07, 6.45) is 5.16. The van der Waals surface area contributed by atoms with E-state index in [4.69, 9.17) is 9.84 Å². The molecule has 3 N–H and O–H groups in total. The van der Waals surface area contributed by atoms with Gasteiger partial charge in [0.15, 0.2) is 0 Å². The topological polar surface area (TPSA) is 105 Å². The number of halogens is 1. The number of aliphatic hydroxyl groups excluding tert-OH is 1. The molecule has 0 saturated heterocycles. The molecule has 7 nitrogen and oxygen atoms in total. The minimum atomic E-state index is -0.613. The number of allylic oxidation sites excluding steroid dienone is 2. The summed E-state index contributed by atoms with van der Waals surface area (Å²) in [5.74, 6) is -2.44. The van der Waals surface area contributed by atoms with Crippen LogP contribution in [-0.2, 0) is 25.5 Å². The first kappa shape index (κ1) is 28.0. The first-order valence-electron chi connectivity index (χ1n) is 11.1. The third kappa shape index (κ3) is 11.4. The van der Waals surface area contributed by atoms with Gasteiger partial charge >= 0.3 is 5.97 Å². The molecule has 0 unspecified atom stereocenters. The van der Waals surface area contributed by atoms with Crippen LogP contribution in [0.5, 0.6) is 0 Å². The van der Waals surface area contributed by atoms with Crippen LogP contribution in [0, 0.1) is 17.7 Å². The molecule has 0 spiro atoms. The van der Waals surface area contributed by atoms with E-state index < -0.39 is 23.8 Å². The summed E-state index contributed by atoms with van der Waals surface area (Å²) in [6, 6.07) is 5.53. The maximum Gasteiger partial charge on any atom is 0.309 e. The number of aliphatic hydroxyl groups is 1. The molecule has 0 heterocycles. The van der Waals surface area contributed by atoms with Crippen molar-refractivity contribution in [3.8, 4) is 0 Å². The van der Waals surface area contributed by atoms with E-state index in [1.54, 1.807) is 31.2 Å². The van der Waals surface area contributed by atoms with Gasteiger partial charge in [-0.2, -0.15) is 0 Å². The number of nitrogens with one attached hydrogen (secondary N) is 2. The number of carbonyl (C=O) groups excluding carboxylic acids is 3. The lowest BCUT2D eigenvalue weighted by atomic mass is 9.95. The van der Waals surface area contributed by atoms with Crippen molar-refractivity contribution < 1.29 is 28.6 Å². The Hall–Kier alpha value is -3.00. The lowest BCUT2D eigenvalue weighted by Crippen LogP contribution is -2.42. The highest BCUT2D eigenvalue weighted by molar-refractivity contribution is 5.86. The standard InChI is InChI=1S/C25H35FN2O5/c1-4-6-8-21(15-19-9-11-22(26)12-10-19)25(32)33-17-18(3)28-24(31)20(7-5-2)16-23(30)27-13-14-29/h4-5,9-12,18,20-21,29H,1-2,6-8,13-17H2,3H3,(H,27,30)(H,28,31)/t18-,20+,21+/m0/s1. The van der Waals surface area contributed by atoms with Gasteiger partial charge in [0.1, 0.15) is 12.4 Å². The van der Waals surface area contributed by atoms with Crippen molar-refractivity contribution in [1.82, 2.24) is 10.6 Å². The highest BCUT2D eigenvalue weighted by Crippen LogP contribution is 2.17. The zero-order valence-corrected chi connectivity index (χ0v) is 19.2. The molecule has 0 aromatic heterocycles. The molecular formula is C25H35FN2O5. The smallest absolute Gasteiger partial charge is 0.309 e. The van der Waals surface area contributed by atoms with E-state index in [1.807, 2.05) is 0 Å². The van der Waals surface area contributed by atoms with Gasteiger partial charge in [-0.25, -0.2) is 4.39 Å². The number of hydrogen-bond donors (Lipinski definition) is 3. The first-order chi connectivity index (χ1) is 15.8. The molecule has 0 aliphatic rings. The van der Waals surface area contributed by atoms with Crippen molar-refractivity contribution in [1.29, 1.82) is 0 Å². The summed E-state index contributed by atoms with van der Waals surface area (Å²) < 4.78 is 18.6. The van der Waals surface area contributed by atoms with Crippen LogP contribution in [0.2, 0.25) is 0 Å². The van der Waals surface area contributed by atoms with Crippen LogP contribution >= 0.6 is 0 Å². The molecule has 0 radical (unpaired) electrons. The number of rotatable bonds is 16. The van der Waals surface area contributed by atoms with E-state index in [2.05, 4.69) is 23.8 Å². The predicted octanol–water partition coefficient (Wildman–Crippen LogP) is 2.69. The summed E-state index contributed by atoms with van der Waals surface area (Å²) >= 11 is 0. The molecule has 0 aliphatic carbocycles. The minimum absolute atomic E-state index is 0.0178. The van der Waals surface area contributed by atoms with E-state index in [1.165, 1.54) is 12.1 Å². The fraction of sp³-hybridized carbons (Fsp3) is 0.480. The zero-order chi connectivity index (χ0) is 24.6. The van der Waals surface area contributed by atoms with Crippen LogP contribution in [0.3, 0.4) is 0 Å². The third-order valence-electron chi connectivity index (χ3n) is 5.00. The average Bonchev–Trinajstić information content (AvgIpc) is 2.79. The van der Waals surface area contributed by atoms with Gasteiger partial charge in [-0.3, -0.25) is 14.4 Å². The number of carbonyl (C=O) groups is 3. The van der Waals surface area contributed by atoms with Gasteiger partial charge in [-0.15, -0.1) is 13.2 Å². The number of hydrogen-bond acceptors (Lipinski definition) is 5. The second-order valence-electron chi connectivity index (χ2n) is 7.93. The van der Waals surface area contributed by atoms with Crippen LogP contribution in [0.15, 0.2) is 49.6 Å². The highest BCUT2D eigenvalue weighted by Gasteiger charge is 2.24. The summed E-state index contributed by atoms with van der Waals surface area (Å²) in [5, 5.41) is 14.1. The van der Waals surface area contributed by atoms with Crippen LogP contribution in [0.1, 0.15) is 38.2 Å². The Morgan fingerprint density at radius 1 is 1.15 bits per heavy atom. The summed E-state index contributed by atoms with van der Waals surface area (Å²) in [4.78, 5) is 37.1. The van der Waals surface area contributed by atoms with E-state index in [0.717, 1.165) is 5.56 Å². The molecule has 1 aromatic rings. The minimum Gasteiger partial charge on any atom is -0.463 e. The molecule has 0 fully saturated rings. The molecule has 0 aliphatic heterocycles. The van der Waals surface area contributed by atoms with Crippen molar-refractivity contribution >= 4 is 17.8 Å². The molecule has 3 atom stereocenters. The third-order valence-corrected chi connectivity index (χ3v) is 5.00. The fourth-order valence-corrected chi connectivity index (χ4v) is 3.23. The van der Waals surface area contributed by atoms with Gasteiger partial charge < -0.3 is 20.5 Å². The Morgan fingerprint density at radius 3 is 2.45 bits per heavy atom. The van der Waals surface area contributed by atoms with Crippen molar-refractivity contribution in [3.63, 3.8) is 0 Å². The van der Waals surface area contributed by atoms with Gasteiger partial charge in [0.2, 0.25) is 11.8 Å². The average molecular weight is 463 g/mol. The van der Waals surface area contributed by atoms with Crippen LogP contribution in [0.4, 0.5) is 4.39 Å². The van der Waals surface area contributed by atoms with E-state index >= 15 is 0 Å².